The Morgan fingerprint density at radius 1 is 0.793 bits per heavy atom. The number of fused-ring (bicyclic) bond motifs is 5. The van der Waals surface area contributed by atoms with E-state index in [-0.39, 0.29) is 11.1 Å². The van der Waals surface area contributed by atoms with Crippen LogP contribution in [0.15, 0.2) is 0 Å². The van der Waals surface area contributed by atoms with Crippen LogP contribution in [-0.4, -0.2) is 34.4 Å². The molecule has 0 aromatic heterocycles. The predicted octanol–water partition coefficient (Wildman–Crippen LogP) is 7.82. The van der Waals surface area contributed by atoms with Crippen molar-refractivity contribution >= 4 is 20.0 Å². The van der Waals surface area contributed by atoms with Gasteiger partial charge in [0.25, 0.3) is 0 Å². The van der Waals surface area contributed by atoms with Crippen LogP contribution in [0.5, 0.6) is 0 Å². The van der Waals surface area contributed by atoms with Gasteiger partial charge in [0.05, 0.1) is 0 Å². The van der Waals surface area contributed by atoms with E-state index in [2.05, 4.69) is 77.9 Å². The SMILES string of the molecule is CC1CC2CCC3SC4CCCCC4C3C2C1[Si](C)(C)N(C(C)(C)C)C(C)(C)C. The minimum atomic E-state index is -1.63. The van der Waals surface area contributed by atoms with Gasteiger partial charge in [-0.1, -0.05) is 32.9 Å². The molecule has 0 aromatic carbocycles. The molecule has 1 heterocycles. The fraction of sp³-hybridized carbons (Fsp3) is 1.00. The van der Waals surface area contributed by atoms with Crippen LogP contribution in [0.3, 0.4) is 0 Å². The highest BCUT2D eigenvalue weighted by Crippen LogP contribution is 2.66. The molecule has 0 aromatic rings. The molecule has 8 unspecified atom stereocenters. The highest BCUT2D eigenvalue weighted by Gasteiger charge is 2.62. The molecule has 4 aliphatic rings. The van der Waals surface area contributed by atoms with Crippen molar-refractivity contribution < 1.29 is 0 Å². The molecule has 4 fully saturated rings. The number of rotatable bonds is 2. The van der Waals surface area contributed by atoms with Crippen LogP contribution >= 0.6 is 11.8 Å². The van der Waals surface area contributed by atoms with Gasteiger partial charge < -0.3 is 4.57 Å². The summed E-state index contributed by atoms with van der Waals surface area (Å²) < 4.78 is 3.04. The lowest BCUT2D eigenvalue weighted by atomic mass is 9.65. The average Bonchev–Trinajstić information content (AvgIpc) is 3.07. The highest BCUT2D eigenvalue weighted by atomic mass is 32.2. The van der Waals surface area contributed by atoms with Gasteiger partial charge in [-0.25, -0.2) is 0 Å². The second kappa shape index (κ2) is 7.54. The summed E-state index contributed by atoms with van der Waals surface area (Å²) in [6.07, 6.45) is 10.7. The lowest BCUT2D eigenvalue weighted by molar-refractivity contribution is 0.0986. The van der Waals surface area contributed by atoms with Crippen LogP contribution in [0.2, 0.25) is 18.6 Å². The van der Waals surface area contributed by atoms with Crippen LogP contribution in [-0.2, 0) is 0 Å². The van der Waals surface area contributed by atoms with Gasteiger partial charge in [-0.3, -0.25) is 0 Å². The summed E-state index contributed by atoms with van der Waals surface area (Å²) >= 11 is 2.46. The zero-order valence-corrected chi connectivity index (χ0v) is 22.7. The van der Waals surface area contributed by atoms with Gasteiger partial charge >= 0.3 is 0 Å². The third-order valence-electron chi connectivity index (χ3n) is 9.27. The van der Waals surface area contributed by atoms with Gasteiger partial charge in [0.2, 0.25) is 0 Å². The molecular formula is C26H49NSSi. The standard InChI is InChI=1S/C26H49NSSi/c1-17-16-18-14-15-21-23(19-12-10-11-13-20(19)28-21)22(18)24(17)29(8,9)27(25(2,3)4)26(5,6)7/h17-24H,10-16H2,1-9H3. The molecule has 1 saturated heterocycles. The topological polar surface area (TPSA) is 3.24 Å². The fourth-order valence-electron chi connectivity index (χ4n) is 9.87. The van der Waals surface area contributed by atoms with Crippen molar-refractivity contribution in [2.45, 2.75) is 134 Å². The van der Waals surface area contributed by atoms with Gasteiger partial charge in [-0.2, -0.15) is 11.8 Å². The van der Waals surface area contributed by atoms with E-state index in [1.807, 2.05) is 0 Å². The summed E-state index contributed by atoms with van der Waals surface area (Å²) in [7, 11) is -1.63. The molecule has 4 rings (SSSR count). The molecule has 3 heteroatoms. The molecule has 1 aliphatic heterocycles. The van der Waals surface area contributed by atoms with Crippen LogP contribution < -0.4 is 0 Å². The van der Waals surface area contributed by atoms with E-state index in [1.165, 1.54) is 38.5 Å². The molecular weight excluding hydrogens is 386 g/mol. The van der Waals surface area contributed by atoms with Crippen molar-refractivity contribution in [3.05, 3.63) is 0 Å². The normalized spacial score (nSPS) is 43.2. The smallest absolute Gasteiger partial charge is 0.126 e. The average molecular weight is 436 g/mol. The van der Waals surface area contributed by atoms with Crippen LogP contribution in [0.1, 0.15) is 93.4 Å². The van der Waals surface area contributed by atoms with E-state index in [9.17, 15) is 0 Å². The molecule has 168 valence electrons. The Kier molecular flexibility index (Phi) is 5.91. The molecule has 0 spiro atoms. The van der Waals surface area contributed by atoms with E-state index in [1.54, 1.807) is 6.42 Å². The van der Waals surface area contributed by atoms with Crippen LogP contribution in [0.4, 0.5) is 0 Å². The largest absolute Gasteiger partial charge is 0.314 e. The maximum absolute atomic E-state index is 3.04. The fourth-order valence-corrected chi connectivity index (χ4v) is 18.7. The Hall–Kier alpha value is 0.527. The van der Waals surface area contributed by atoms with Gasteiger partial charge in [-0.05, 0) is 109 Å². The molecule has 0 radical (unpaired) electrons. The third kappa shape index (κ3) is 3.82. The summed E-state index contributed by atoms with van der Waals surface area (Å²) in [6.45, 7) is 23.1. The molecule has 0 bridgehead atoms. The second-order valence-electron chi connectivity index (χ2n) is 13.7. The summed E-state index contributed by atoms with van der Waals surface area (Å²) in [5, 5.41) is 2.01. The number of hydrogen-bond acceptors (Lipinski definition) is 2. The number of thioether (sulfide) groups is 1. The quantitative estimate of drug-likeness (QED) is 0.407. The lowest BCUT2D eigenvalue weighted by Gasteiger charge is -2.58. The molecule has 8 atom stereocenters. The first kappa shape index (κ1) is 22.7. The van der Waals surface area contributed by atoms with Crippen LogP contribution in [0.25, 0.3) is 0 Å². The Morgan fingerprint density at radius 2 is 1.41 bits per heavy atom. The first-order valence-corrected chi connectivity index (χ1v) is 16.8. The van der Waals surface area contributed by atoms with E-state index < -0.39 is 8.24 Å². The van der Waals surface area contributed by atoms with Gasteiger partial charge in [0.15, 0.2) is 0 Å². The molecule has 3 aliphatic carbocycles. The van der Waals surface area contributed by atoms with Crippen molar-refractivity contribution in [2.75, 3.05) is 0 Å². The predicted molar refractivity (Wildman–Crippen MR) is 133 cm³/mol. The Labute approximate surface area is 187 Å². The third-order valence-corrected chi connectivity index (χ3v) is 16.2. The summed E-state index contributed by atoms with van der Waals surface area (Å²) in [4.78, 5) is 0. The molecule has 1 nitrogen and oxygen atoms in total. The van der Waals surface area contributed by atoms with Crippen molar-refractivity contribution in [2.24, 2.45) is 29.6 Å². The molecule has 0 N–H and O–H groups in total. The molecule has 29 heavy (non-hydrogen) atoms. The van der Waals surface area contributed by atoms with E-state index in [0.717, 1.165) is 45.6 Å². The summed E-state index contributed by atoms with van der Waals surface area (Å²) in [5.74, 6) is 5.09. The summed E-state index contributed by atoms with van der Waals surface area (Å²) in [6, 6.07) is 0. The van der Waals surface area contributed by atoms with Crippen molar-refractivity contribution in [1.29, 1.82) is 0 Å². The lowest BCUT2D eigenvalue weighted by Crippen LogP contribution is -2.68. The first-order chi connectivity index (χ1) is 13.3. The maximum Gasteiger partial charge on any atom is 0.126 e. The minimum Gasteiger partial charge on any atom is -0.314 e. The Morgan fingerprint density at radius 3 is 2.03 bits per heavy atom. The monoisotopic (exact) mass is 435 g/mol. The minimum absolute atomic E-state index is 0.248. The molecule has 0 amide bonds. The van der Waals surface area contributed by atoms with Crippen LogP contribution in [0, 0.1) is 29.6 Å². The van der Waals surface area contributed by atoms with E-state index in [0.29, 0.717) is 0 Å². The Bertz CT molecular complexity index is 589. The van der Waals surface area contributed by atoms with Crippen molar-refractivity contribution in [1.82, 2.24) is 4.57 Å². The van der Waals surface area contributed by atoms with Gasteiger partial charge in [0.1, 0.15) is 8.24 Å². The number of hydrogen-bond donors (Lipinski definition) is 0. The van der Waals surface area contributed by atoms with E-state index in [4.69, 9.17) is 0 Å². The second-order valence-corrected chi connectivity index (χ2v) is 19.6. The van der Waals surface area contributed by atoms with Gasteiger partial charge in [-0.15, -0.1) is 0 Å². The number of nitrogens with zero attached hydrogens (tertiary/aromatic N) is 1. The summed E-state index contributed by atoms with van der Waals surface area (Å²) in [5.41, 5.74) is 1.47. The highest BCUT2D eigenvalue weighted by molar-refractivity contribution is 8.00. The van der Waals surface area contributed by atoms with Crippen molar-refractivity contribution in [3.8, 4) is 0 Å². The van der Waals surface area contributed by atoms with Crippen molar-refractivity contribution in [3.63, 3.8) is 0 Å². The van der Waals surface area contributed by atoms with E-state index >= 15 is 0 Å². The zero-order valence-electron chi connectivity index (χ0n) is 20.9. The zero-order chi connectivity index (χ0) is 21.4. The van der Waals surface area contributed by atoms with Gasteiger partial charge in [0, 0.05) is 21.6 Å². The maximum atomic E-state index is 3.04. The molecule has 3 saturated carbocycles. The first-order valence-electron chi connectivity index (χ1n) is 12.8. The Balaban J connectivity index is 1.72.